The minimum Gasteiger partial charge on any atom is -0.309 e. The summed E-state index contributed by atoms with van der Waals surface area (Å²) in [6.45, 7) is 3.17. The van der Waals surface area contributed by atoms with Crippen molar-refractivity contribution in [1.29, 1.82) is 0 Å². The first-order valence-electron chi connectivity index (χ1n) is 6.53. The van der Waals surface area contributed by atoms with E-state index in [0.717, 1.165) is 12.8 Å². The summed E-state index contributed by atoms with van der Waals surface area (Å²) in [6.07, 6.45) is 1.61. The maximum atomic E-state index is 12.4. The number of carbonyl (C=O) groups excluding carboxylic acids is 1. The maximum absolute atomic E-state index is 12.4. The molecule has 6 nitrogen and oxygen atoms in total. The molecule has 1 aromatic rings. The normalized spacial score (nSPS) is 19.2. The number of benzene rings is 1. The van der Waals surface area contributed by atoms with Crippen molar-refractivity contribution in [2.75, 3.05) is 18.0 Å². The highest BCUT2D eigenvalue weighted by molar-refractivity contribution is 6.34. The van der Waals surface area contributed by atoms with Gasteiger partial charge in [-0.15, -0.1) is 0 Å². The van der Waals surface area contributed by atoms with Crippen molar-refractivity contribution in [3.05, 3.63) is 33.3 Å². The highest BCUT2D eigenvalue weighted by Gasteiger charge is 2.30. The number of halogens is 1. The van der Waals surface area contributed by atoms with Crippen LogP contribution in [-0.2, 0) is 4.79 Å². The van der Waals surface area contributed by atoms with Gasteiger partial charge in [0.15, 0.2) is 0 Å². The molecule has 20 heavy (non-hydrogen) atoms. The minimum absolute atomic E-state index is 0.0669. The van der Waals surface area contributed by atoms with Gasteiger partial charge in [-0.05, 0) is 25.5 Å². The van der Waals surface area contributed by atoms with Crippen molar-refractivity contribution in [3.63, 3.8) is 0 Å². The van der Waals surface area contributed by atoms with Crippen LogP contribution in [0.25, 0.3) is 0 Å². The Labute approximate surface area is 121 Å². The van der Waals surface area contributed by atoms with Crippen molar-refractivity contribution >= 4 is 28.9 Å². The standard InChI is InChI=1S/C13H16ClN3O3/c1-2-15-11-4-3-7-16(13(11)18)12-8-9(17(19)20)5-6-10(12)14/h5-6,8,11,15H,2-4,7H2,1H3. The lowest BCUT2D eigenvalue weighted by atomic mass is 10.0. The molecule has 0 aromatic heterocycles. The number of nitrogens with one attached hydrogen (secondary N) is 1. The number of non-ortho nitro benzene ring substituents is 1. The number of nitro groups is 1. The highest BCUT2D eigenvalue weighted by Crippen LogP contribution is 2.32. The number of hydrogen-bond acceptors (Lipinski definition) is 4. The second-order valence-electron chi connectivity index (χ2n) is 4.64. The van der Waals surface area contributed by atoms with Gasteiger partial charge in [-0.1, -0.05) is 18.5 Å². The van der Waals surface area contributed by atoms with Gasteiger partial charge in [-0.3, -0.25) is 14.9 Å². The van der Waals surface area contributed by atoms with E-state index in [-0.39, 0.29) is 17.6 Å². The van der Waals surface area contributed by atoms with Gasteiger partial charge >= 0.3 is 0 Å². The summed E-state index contributed by atoms with van der Waals surface area (Å²) in [5, 5.41) is 14.3. The van der Waals surface area contributed by atoms with Gasteiger partial charge in [0.2, 0.25) is 5.91 Å². The van der Waals surface area contributed by atoms with Gasteiger partial charge in [0.1, 0.15) is 0 Å². The van der Waals surface area contributed by atoms with E-state index >= 15 is 0 Å². The number of nitro benzene ring substituents is 1. The molecule has 1 aliphatic rings. The molecule has 0 spiro atoms. The Balaban J connectivity index is 2.32. The summed E-state index contributed by atoms with van der Waals surface area (Å²) >= 11 is 6.09. The van der Waals surface area contributed by atoms with Crippen LogP contribution in [0.5, 0.6) is 0 Å². The Morgan fingerprint density at radius 2 is 2.30 bits per heavy atom. The van der Waals surface area contributed by atoms with E-state index in [2.05, 4.69) is 5.32 Å². The fourth-order valence-electron chi connectivity index (χ4n) is 2.37. The van der Waals surface area contributed by atoms with E-state index in [9.17, 15) is 14.9 Å². The molecule has 1 heterocycles. The molecule has 108 valence electrons. The Kier molecular flexibility index (Phi) is 4.57. The number of anilines is 1. The van der Waals surface area contributed by atoms with Gasteiger partial charge in [-0.25, -0.2) is 0 Å². The van der Waals surface area contributed by atoms with Crippen LogP contribution in [0.2, 0.25) is 5.02 Å². The molecule has 1 unspecified atom stereocenters. The quantitative estimate of drug-likeness (QED) is 0.684. The van der Waals surface area contributed by atoms with E-state index in [1.807, 2.05) is 6.92 Å². The third-order valence-electron chi connectivity index (χ3n) is 3.32. The van der Waals surface area contributed by atoms with Crippen molar-refractivity contribution in [2.24, 2.45) is 0 Å². The molecule has 0 saturated carbocycles. The Hall–Kier alpha value is -1.66. The SMILES string of the molecule is CCNC1CCCN(c2cc([N+](=O)[O-])ccc2Cl)C1=O. The summed E-state index contributed by atoms with van der Waals surface area (Å²) in [5.41, 5.74) is 0.344. The Morgan fingerprint density at radius 3 is 2.95 bits per heavy atom. The number of piperidine rings is 1. The molecule has 1 aromatic carbocycles. The number of amides is 1. The molecule has 0 aliphatic carbocycles. The van der Waals surface area contributed by atoms with Gasteiger partial charge < -0.3 is 10.2 Å². The zero-order chi connectivity index (χ0) is 14.7. The molecule has 1 amide bonds. The average molecular weight is 298 g/mol. The Morgan fingerprint density at radius 1 is 1.55 bits per heavy atom. The number of likely N-dealkylation sites (N-methyl/N-ethyl adjacent to an activating group) is 1. The lowest BCUT2D eigenvalue weighted by Gasteiger charge is -2.33. The summed E-state index contributed by atoms with van der Waals surface area (Å²) < 4.78 is 0. The van der Waals surface area contributed by atoms with Gasteiger partial charge in [0.25, 0.3) is 5.69 Å². The molecule has 1 atom stereocenters. The van der Waals surface area contributed by atoms with Crippen molar-refractivity contribution in [1.82, 2.24) is 5.32 Å². The van der Waals surface area contributed by atoms with E-state index < -0.39 is 4.92 Å². The van der Waals surface area contributed by atoms with Crippen molar-refractivity contribution in [3.8, 4) is 0 Å². The second-order valence-corrected chi connectivity index (χ2v) is 5.04. The molecule has 0 radical (unpaired) electrons. The summed E-state index contributed by atoms with van der Waals surface area (Å²) in [6, 6.07) is 3.90. The predicted molar refractivity (Wildman–Crippen MR) is 77.2 cm³/mol. The molecule has 2 rings (SSSR count). The first kappa shape index (κ1) is 14.7. The summed E-state index contributed by atoms with van der Waals surface area (Å²) in [5.74, 6) is -0.0829. The lowest BCUT2D eigenvalue weighted by molar-refractivity contribution is -0.384. The van der Waals surface area contributed by atoms with Crippen molar-refractivity contribution < 1.29 is 9.72 Å². The molecular formula is C13H16ClN3O3. The zero-order valence-electron chi connectivity index (χ0n) is 11.1. The topological polar surface area (TPSA) is 75.5 Å². The van der Waals surface area contributed by atoms with Crippen LogP contribution in [0.1, 0.15) is 19.8 Å². The largest absolute Gasteiger partial charge is 0.309 e. The monoisotopic (exact) mass is 297 g/mol. The van der Waals surface area contributed by atoms with Crippen LogP contribution in [0.4, 0.5) is 11.4 Å². The zero-order valence-corrected chi connectivity index (χ0v) is 11.9. The third kappa shape index (κ3) is 2.91. The first-order chi connectivity index (χ1) is 9.54. The molecule has 7 heteroatoms. The number of carbonyl (C=O) groups is 1. The predicted octanol–water partition coefficient (Wildman–Crippen LogP) is 2.35. The summed E-state index contributed by atoms with van der Waals surface area (Å²) in [7, 11) is 0. The lowest BCUT2D eigenvalue weighted by Crippen LogP contribution is -2.50. The van der Waals surface area contributed by atoms with Gasteiger partial charge in [0, 0.05) is 18.7 Å². The van der Waals surface area contributed by atoms with E-state index in [4.69, 9.17) is 11.6 Å². The van der Waals surface area contributed by atoms with E-state index in [1.54, 1.807) is 0 Å². The van der Waals surface area contributed by atoms with E-state index in [1.165, 1.54) is 23.1 Å². The second kappa shape index (κ2) is 6.19. The van der Waals surface area contributed by atoms with Crippen LogP contribution in [-0.4, -0.2) is 30.0 Å². The molecule has 1 fully saturated rings. The van der Waals surface area contributed by atoms with Crippen molar-refractivity contribution in [2.45, 2.75) is 25.8 Å². The van der Waals surface area contributed by atoms with Crippen LogP contribution < -0.4 is 10.2 Å². The van der Waals surface area contributed by atoms with Crippen LogP contribution in [0.15, 0.2) is 18.2 Å². The fourth-order valence-corrected chi connectivity index (χ4v) is 2.59. The first-order valence-corrected chi connectivity index (χ1v) is 6.91. The average Bonchev–Trinajstić information content (AvgIpc) is 2.42. The highest BCUT2D eigenvalue weighted by atomic mass is 35.5. The van der Waals surface area contributed by atoms with Gasteiger partial charge in [-0.2, -0.15) is 0 Å². The maximum Gasteiger partial charge on any atom is 0.271 e. The Bertz CT molecular complexity index is 534. The molecule has 1 aliphatic heterocycles. The molecule has 1 N–H and O–H groups in total. The smallest absolute Gasteiger partial charge is 0.271 e. The molecule has 1 saturated heterocycles. The fraction of sp³-hybridized carbons (Fsp3) is 0.462. The number of rotatable bonds is 4. The van der Waals surface area contributed by atoms with Crippen LogP contribution in [0, 0.1) is 10.1 Å². The third-order valence-corrected chi connectivity index (χ3v) is 3.64. The van der Waals surface area contributed by atoms with Crippen LogP contribution >= 0.6 is 11.6 Å². The minimum atomic E-state index is -0.490. The molecule has 0 bridgehead atoms. The number of hydrogen-bond donors (Lipinski definition) is 1. The van der Waals surface area contributed by atoms with E-state index in [0.29, 0.717) is 23.8 Å². The van der Waals surface area contributed by atoms with Crippen LogP contribution in [0.3, 0.4) is 0 Å². The summed E-state index contributed by atoms with van der Waals surface area (Å²) in [4.78, 5) is 24.3. The molecular weight excluding hydrogens is 282 g/mol. The van der Waals surface area contributed by atoms with Gasteiger partial charge in [0.05, 0.1) is 21.7 Å². The number of nitrogens with zero attached hydrogens (tertiary/aromatic N) is 2.